The second kappa shape index (κ2) is 13.8. The van der Waals surface area contributed by atoms with Crippen LogP contribution in [0.25, 0.3) is 0 Å². The maximum absolute atomic E-state index is 11.0. The van der Waals surface area contributed by atoms with Gasteiger partial charge in [-0.1, -0.05) is 58.3 Å². The molecule has 0 aromatic heterocycles. The molecule has 1 saturated carbocycles. The molecule has 2 atom stereocenters. The number of nitrogens with one attached hydrogen (secondary N) is 1. The van der Waals surface area contributed by atoms with Crippen LogP contribution in [0.4, 0.5) is 0 Å². The van der Waals surface area contributed by atoms with Gasteiger partial charge in [0, 0.05) is 12.5 Å². The van der Waals surface area contributed by atoms with Crippen molar-refractivity contribution in [3.63, 3.8) is 0 Å². The summed E-state index contributed by atoms with van der Waals surface area (Å²) in [5, 5.41) is 3.82. The average Bonchev–Trinajstić information content (AvgIpc) is 3.01. The first-order valence-electron chi connectivity index (χ1n) is 10.1. The van der Waals surface area contributed by atoms with Crippen LogP contribution < -0.4 is 5.32 Å². The fourth-order valence-electron chi connectivity index (χ4n) is 3.80. The summed E-state index contributed by atoms with van der Waals surface area (Å²) in [4.78, 5) is 11.0. The number of hydrogen-bond acceptors (Lipinski definition) is 3. The van der Waals surface area contributed by atoms with Gasteiger partial charge in [0.2, 0.25) is 0 Å². The van der Waals surface area contributed by atoms with Crippen molar-refractivity contribution >= 4 is 5.97 Å². The minimum absolute atomic E-state index is 0.0657. The first-order chi connectivity index (χ1) is 11.3. The van der Waals surface area contributed by atoms with Crippen molar-refractivity contribution in [3.8, 4) is 0 Å². The van der Waals surface area contributed by atoms with Crippen molar-refractivity contribution < 1.29 is 9.53 Å². The molecule has 0 heterocycles. The number of esters is 1. The molecule has 1 aliphatic carbocycles. The molecule has 0 spiro atoms. The highest BCUT2D eigenvalue weighted by molar-refractivity contribution is 5.68. The fraction of sp³-hybridized carbons (Fsp3) is 0.950. The fourth-order valence-corrected chi connectivity index (χ4v) is 3.80. The Balaban J connectivity index is 1.99. The highest BCUT2D eigenvalue weighted by Crippen LogP contribution is 2.30. The van der Waals surface area contributed by atoms with Crippen molar-refractivity contribution in [1.29, 1.82) is 0 Å². The van der Waals surface area contributed by atoms with Gasteiger partial charge in [-0.3, -0.25) is 4.79 Å². The predicted octanol–water partition coefficient (Wildman–Crippen LogP) is 5.23. The maximum Gasteiger partial charge on any atom is 0.305 e. The van der Waals surface area contributed by atoms with Crippen molar-refractivity contribution in [2.24, 2.45) is 5.92 Å². The Bertz CT molecular complexity index is 293. The molecule has 3 nitrogen and oxygen atoms in total. The first kappa shape index (κ1) is 20.5. The van der Waals surface area contributed by atoms with Gasteiger partial charge in [0.25, 0.3) is 0 Å². The Hall–Kier alpha value is -0.570. The lowest BCUT2D eigenvalue weighted by Crippen LogP contribution is -2.33. The number of unbranched alkanes of at least 4 members (excludes halogenated alkanes) is 7. The van der Waals surface area contributed by atoms with E-state index in [2.05, 4.69) is 17.0 Å². The van der Waals surface area contributed by atoms with E-state index in [4.69, 9.17) is 0 Å². The SMILES string of the molecule is CCCCCCCN[C@H]1CCC[C@@H]1CCCCCCC(=O)OC. The van der Waals surface area contributed by atoms with E-state index in [-0.39, 0.29) is 5.97 Å². The van der Waals surface area contributed by atoms with Gasteiger partial charge < -0.3 is 10.1 Å². The Morgan fingerprint density at radius 3 is 2.52 bits per heavy atom. The molecule has 136 valence electrons. The quantitative estimate of drug-likeness (QED) is 0.351. The van der Waals surface area contributed by atoms with Crippen LogP contribution in [0.15, 0.2) is 0 Å². The minimum Gasteiger partial charge on any atom is -0.469 e. The van der Waals surface area contributed by atoms with Crippen LogP contribution in [0.3, 0.4) is 0 Å². The smallest absolute Gasteiger partial charge is 0.305 e. The predicted molar refractivity (Wildman–Crippen MR) is 97.6 cm³/mol. The molecule has 0 aromatic carbocycles. The van der Waals surface area contributed by atoms with Gasteiger partial charge in [0.1, 0.15) is 0 Å². The summed E-state index contributed by atoms with van der Waals surface area (Å²) in [6.07, 6.45) is 17.7. The minimum atomic E-state index is -0.0657. The molecule has 0 radical (unpaired) electrons. The van der Waals surface area contributed by atoms with Crippen LogP contribution in [0.2, 0.25) is 0 Å². The standard InChI is InChI=1S/C20H39NO2/c1-3-4-5-8-11-17-21-19-15-12-14-18(19)13-9-6-7-10-16-20(22)23-2/h18-19,21H,3-17H2,1-2H3/t18-,19-/m0/s1. The highest BCUT2D eigenvalue weighted by atomic mass is 16.5. The third kappa shape index (κ3) is 10.0. The molecule has 1 fully saturated rings. The second-order valence-corrected chi connectivity index (χ2v) is 7.19. The number of ether oxygens (including phenoxy) is 1. The zero-order valence-corrected chi connectivity index (χ0v) is 15.6. The molecular formula is C20H39NO2. The first-order valence-corrected chi connectivity index (χ1v) is 10.1. The summed E-state index contributed by atoms with van der Waals surface area (Å²) in [5.74, 6) is 0.829. The van der Waals surface area contributed by atoms with E-state index in [0.29, 0.717) is 6.42 Å². The van der Waals surface area contributed by atoms with E-state index in [1.54, 1.807) is 0 Å². The van der Waals surface area contributed by atoms with Gasteiger partial charge in [-0.15, -0.1) is 0 Å². The van der Waals surface area contributed by atoms with E-state index >= 15 is 0 Å². The topological polar surface area (TPSA) is 38.3 Å². The van der Waals surface area contributed by atoms with Crippen LogP contribution in [0.1, 0.15) is 96.8 Å². The normalized spacial score (nSPS) is 20.8. The van der Waals surface area contributed by atoms with Crippen LogP contribution in [0.5, 0.6) is 0 Å². The Kier molecular flexibility index (Phi) is 12.3. The van der Waals surface area contributed by atoms with Gasteiger partial charge in [0.15, 0.2) is 0 Å². The lowest BCUT2D eigenvalue weighted by Gasteiger charge is -2.21. The van der Waals surface area contributed by atoms with E-state index in [0.717, 1.165) is 24.8 Å². The zero-order chi connectivity index (χ0) is 16.8. The second-order valence-electron chi connectivity index (χ2n) is 7.19. The third-order valence-electron chi connectivity index (χ3n) is 5.28. The summed E-state index contributed by atoms with van der Waals surface area (Å²) >= 11 is 0. The number of carbonyl (C=O) groups excluding carboxylic acids is 1. The largest absolute Gasteiger partial charge is 0.469 e. The van der Waals surface area contributed by atoms with Crippen molar-refractivity contribution in [2.45, 2.75) is 103 Å². The Labute approximate surface area is 143 Å². The molecule has 0 aliphatic heterocycles. The summed E-state index contributed by atoms with van der Waals surface area (Å²) in [6.45, 7) is 3.49. The summed E-state index contributed by atoms with van der Waals surface area (Å²) in [7, 11) is 1.47. The maximum atomic E-state index is 11.0. The monoisotopic (exact) mass is 325 g/mol. The highest BCUT2D eigenvalue weighted by Gasteiger charge is 2.25. The molecule has 3 heteroatoms. The summed E-state index contributed by atoms with van der Waals surface area (Å²) in [6, 6.07) is 0.774. The summed E-state index contributed by atoms with van der Waals surface area (Å²) < 4.78 is 4.67. The molecule has 0 bridgehead atoms. The van der Waals surface area contributed by atoms with E-state index in [1.165, 1.54) is 84.3 Å². The van der Waals surface area contributed by atoms with E-state index < -0.39 is 0 Å². The van der Waals surface area contributed by atoms with Crippen LogP contribution in [0, 0.1) is 5.92 Å². The van der Waals surface area contributed by atoms with Crippen molar-refractivity contribution in [3.05, 3.63) is 0 Å². The molecule has 23 heavy (non-hydrogen) atoms. The molecule has 0 aromatic rings. The van der Waals surface area contributed by atoms with Crippen LogP contribution >= 0.6 is 0 Å². The van der Waals surface area contributed by atoms with Gasteiger partial charge in [-0.05, 0) is 44.6 Å². The zero-order valence-electron chi connectivity index (χ0n) is 15.6. The van der Waals surface area contributed by atoms with Crippen molar-refractivity contribution in [2.75, 3.05) is 13.7 Å². The number of hydrogen-bond donors (Lipinski definition) is 1. The Morgan fingerprint density at radius 2 is 1.74 bits per heavy atom. The van der Waals surface area contributed by atoms with Gasteiger partial charge in [0.05, 0.1) is 7.11 Å². The van der Waals surface area contributed by atoms with Crippen LogP contribution in [-0.4, -0.2) is 25.7 Å². The van der Waals surface area contributed by atoms with E-state index in [9.17, 15) is 4.79 Å². The molecule has 0 unspecified atom stereocenters. The lowest BCUT2D eigenvalue weighted by molar-refractivity contribution is -0.140. The molecular weight excluding hydrogens is 286 g/mol. The number of methoxy groups -OCH3 is 1. The van der Waals surface area contributed by atoms with Gasteiger partial charge >= 0.3 is 5.97 Å². The van der Waals surface area contributed by atoms with Gasteiger partial charge in [-0.25, -0.2) is 0 Å². The van der Waals surface area contributed by atoms with Gasteiger partial charge in [-0.2, -0.15) is 0 Å². The molecule has 1 rings (SSSR count). The average molecular weight is 326 g/mol. The number of carbonyl (C=O) groups is 1. The summed E-state index contributed by atoms with van der Waals surface area (Å²) in [5.41, 5.74) is 0. The molecule has 0 saturated heterocycles. The van der Waals surface area contributed by atoms with Crippen molar-refractivity contribution in [1.82, 2.24) is 5.32 Å². The van der Waals surface area contributed by atoms with E-state index in [1.807, 2.05) is 0 Å². The lowest BCUT2D eigenvalue weighted by atomic mass is 9.95. The van der Waals surface area contributed by atoms with Crippen LogP contribution in [-0.2, 0) is 9.53 Å². The Morgan fingerprint density at radius 1 is 1.00 bits per heavy atom. The third-order valence-corrected chi connectivity index (χ3v) is 5.28. The number of rotatable bonds is 14. The molecule has 1 N–H and O–H groups in total. The molecule has 1 aliphatic rings. The molecule has 0 amide bonds.